The number of halogens is 1. The third-order valence-electron chi connectivity index (χ3n) is 3.18. The Hall–Kier alpha value is -0.930. The molecule has 1 aliphatic heterocycles. The van der Waals surface area contributed by atoms with Crippen molar-refractivity contribution in [3.05, 3.63) is 35.9 Å². The number of alkyl halides is 1. The highest BCUT2D eigenvalue weighted by Crippen LogP contribution is 2.29. The highest BCUT2D eigenvalue weighted by atomic mass is 19.1. The summed E-state index contributed by atoms with van der Waals surface area (Å²) in [5.41, 5.74) is 0.984. The summed E-state index contributed by atoms with van der Waals surface area (Å²) in [5, 5.41) is 10.1. The second-order valence-corrected chi connectivity index (χ2v) is 4.42. The molecule has 0 aromatic heterocycles. The maximum Gasteiger partial charge on any atom is 0.0906 e. The average Bonchev–Trinajstić information content (AvgIpc) is 2.28. The van der Waals surface area contributed by atoms with Gasteiger partial charge < -0.3 is 10.0 Å². The van der Waals surface area contributed by atoms with Gasteiger partial charge in [-0.05, 0) is 12.0 Å². The zero-order valence-corrected chi connectivity index (χ0v) is 9.35. The average molecular weight is 223 g/mol. The summed E-state index contributed by atoms with van der Waals surface area (Å²) in [6.45, 7) is 2.34. The van der Waals surface area contributed by atoms with Gasteiger partial charge in [0.1, 0.15) is 0 Å². The van der Waals surface area contributed by atoms with Crippen LogP contribution in [0.15, 0.2) is 30.3 Å². The number of likely N-dealkylation sites (tertiary alicyclic amines) is 1. The van der Waals surface area contributed by atoms with Crippen LogP contribution in [0.2, 0.25) is 0 Å². The maximum atomic E-state index is 12.0. The maximum absolute atomic E-state index is 12.0. The van der Waals surface area contributed by atoms with Gasteiger partial charge in [0.05, 0.1) is 12.8 Å². The van der Waals surface area contributed by atoms with Crippen LogP contribution >= 0.6 is 0 Å². The Balaban J connectivity index is 1.79. The van der Waals surface area contributed by atoms with Gasteiger partial charge in [-0.1, -0.05) is 30.3 Å². The van der Waals surface area contributed by atoms with Crippen LogP contribution in [0.25, 0.3) is 0 Å². The molecule has 1 saturated heterocycles. The normalized spacial score (nSPS) is 19.4. The summed E-state index contributed by atoms with van der Waals surface area (Å²) in [5.74, 6) is 0.307. The van der Waals surface area contributed by atoms with E-state index in [0.29, 0.717) is 12.3 Å². The number of aliphatic hydroxyl groups is 1. The fourth-order valence-electron chi connectivity index (χ4n) is 2.20. The molecule has 88 valence electrons. The fraction of sp³-hybridized carbons (Fsp3) is 0.538. The van der Waals surface area contributed by atoms with Gasteiger partial charge in [-0.3, -0.25) is 4.39 Å². The summed E-state index contributed by atoms with van der Waals surface area (Å²) >= 11 is 0. The minimum Gasteiger partial charge on any atom is -0.388 e. The van der Waals surface area contributed by atoms with Crippen LogP contribution < -0.4 is 0 Å². The van der Waals surface area contributed by atoms with Crippen molar-refractivity contribution in [3.63, 3.8) is 0 Å². The molecule has 1 aromatic carbocycles. The number of rotatable bonds is 5. The number of hydrogen-bond donors (Lipinski definition) is 1. The third-order valence-corrected chi connectivity index (χ3v) is 3.18. The van der Waals surface area contributed by atoms with Gasteiger partial charge >= 0.3 is 0 Å². The van der Waals surface area contributed by atoms with Crippen LogP contribution in [0, 0.1) is 5.92 Å². The minimum absolute atomic E-state index is 0.248. The lowest BCUT2D eigenvalue weighted by molar-refractivity contribution is -0.00608. The van der Waals surface area contributed by atoms with Crippen molar-refractivity contribution >= 4 is 0 Å². The van der Waals surface area contributed by atoms with Crippen LogP contribution in [-0.2, 0) is 0 Å². The van der Waals surface area contributed by atoms with E-state index in [1.54, 1.807) is 0 Å². The van der Waals surface area contributed by atoms with E-state index in [4.69, 9.17) is 0 Å². The second kappa shape index (κ2) is 5.41. The number of benzene rings is 1. The molecule has 2 rings (SSSR count). The highest BCUT2D eigenvalue weighted by molar-refractivity contribution is 5.18. The lowest BCUT2D eigenvalue weighted by Gasteiger charge is -2.41. The van der Waals surface area contributed by atoms with Crippen LogP contribution in [0.1, 0.15) is 18.1 Å². The van der Waals surface area contributed by atoms with E-state index in [9.17, 15) is 9.50 Å². The van der Waals surface area contributed by atoms with Crippen molar-refractivity contribution in [1.29, 1.82) is 0 Å². The SMILES string of the molecule is O[C@@H](c1ccccc1)C1CN(CCCF)C1. The number of aliphatic hydroxyl groups excluding tert-OH is 1. The lowest BCUT2D eigenvalue weighted by atomic mass is 9.89. The van der Waals surface area contributed by atoms with Gasteiger partial charge in [0, 0.05) is 25.6 Å². The molecule has 0 saturated carbocycles. The molecule has 2 nitrogen and oxygen atoms in total. The summed E-state index contributed by atoms with van der Waals surface area (Å²) in [6.07, 6.45) is 0.233. The molecule has 0 radical (unpaired) electrons. The van der Waals surface area contributed by atoms with Gasteiger partial charge in [-0.25, -0.2) is 0 Å². The van der Waals surface area contributed by atoms with Gasteiger partial charge in [0.25, 0.3) is 0 Å². The molecular weight excluding hydrogens is 205 g/mol. The number of nitrogens with zero attached hydrogens (tertiary/aromatic N) is 1. The first-order valence-electron chi connectivity index (χ1n) is 5.82. The Labute approximate surface area is 95.7 Å². The van der Waals surface area contributed by atoms with Crippen molar-refractivity contribution < 1.29 is 9.50 Å². The second-order valence-electron chi connectivity index (χ2n) is 4.42. The molecule has 0 spiro atoms. The molecule has 1 fully saturated rings. The Kier molecular flexibility index (Phi) is 3.91. The van der Waals surface area contributed by atoms with E-state index in [1.807, 2.05) is 30.3 Å². The van der Waals surface area contributed by atoms with Crippen LogP contribution in [0.5, 0.6) is 0 Å². The third kappa shape index (κ3) is 2.60. The molecular formula is C13H18FNO. The van der Waals surface area contributed by atoms with Gasteiger partial charge in [0.2, 0.25) is 0 Å². The molecule has 1 N–H and O–H groups in total. The Morgan fingerprint density at radius 1 is 1.31 bits per heavy atom. The zero-order chi connectivity index (χ0) is 11.4. The largest absolute Gasteiger partial charge is 0.388 e. The Morgan fingerprint density at radius 2 is 2.00 bits per heavy atom. The molecule has 0 bridgehead atoms. The van der Waals surface area contributed by atoms with E-state index < -0.39 is 0 Å². The topological polar surface area (TPSA) is 23.5 Å². The minimum atomic E-state index is -0.372. The van der Waals surface area contributed by atoms with Crippen LogP contribution in [0.3, 0.4) is 0 Å². The molecule has 1 aromatic rings. The smallest absolute Gasteiger partial charge is 0.0906 e. The van der Waals surface area contributed by atoms with E-state index in [0.717, 1.165) is 25.2 Å². The van der Waals surface area contributed by atoms with E-state index in [2.05, 4.69) is 4.90 Å². The van der Waals surface area contributed by atoms with Crippen molar-refractivity contribution in [3.8, 4) is 0 Å². The predicted molar refractivity (Wildman–Crippen MR) is 61.9 cm³/mol. The molecule has 16 heavy (non-hydrogen) atoms. The van der Waals surface area contributed by atoms with E-state index in [-0.39, 0.29) is 12.8 Å². The molecule has 1 aliphatic rings. The molecule has 3 heteroatoms. The van der Waals surface area contributed by atoms with Crippen molar-refractivity contribution in [2.24, 2.45) is 5.92 Å². The van der Waals surface area contributed by atoms with Crippen molar-refractivity contribution in [2.75, 3.05) is 26.3 Å². The first-order valence-corrected chi connectivity index (χ1v) is 5.82. The molecule has 0 amide bonds. The van der Waals surface area contributed by atoms with E-state index in [1.165, 1.54) is 0 Å². The summed E-state index contributed by atoms with van der Waals surface area (Å²) < 4.78 is 12.0. The molecule has 1 atom stereocenters. The summed E-state index contributed by atoms with van der Waals surface area (Å²) in [7, 11) is 0. The predicted octanol–water partition coefficient (Wildman–Crippen LogP) is 2.01. The van der Waals surface area contributed by atoms with Crippen molar-refractivity contribution in [2.45, 2.75) is 12.5 Å². The van der Waals surface area contributed by atoms with Crippen molar-refractivity contribution in [1.82, 2.24) is 4.90 Å². The summed E-state index contributed by atoms with van der Waals surface area (Å²) in [6, 6.07) is 9.74. The highest BCUT2D eigenvalue weighted by Gasteiger charge is 2.32. The first kappa shape index (κ1) is 11.6. The number of hydrogen-bond acceptors (Lipinski definition) is 2. The lowest BCUT2D eigenvalue weighted by Crippen LogP contribution is -2.49. The standard InChI is InChI=1S/C13H18FNO/c14-7-4-8-15-9-12(10-15)13(16)11-5-2-1-3-6-11/h1-3,5-6,12-13,16H,4,7-10H2/t13-/m0/s1. The van der Waals surface area contributed by atoms with E-state index >= 15 is 0 Å². The fourth-order valence-corrected chi connectivity index (χ4v) is 2.20. The Bertz CT molecular complexity index is 311. The quantitative estimate of drug-likeness (QED) is 0.825. The van der Waals surface area contributed by atoms with Gasteiger partial charge in [-0.15, -0.1) is 0 Å². The molecule has 0 aliphatic carbocycles. The summed E-state index contributed by atoms with van der Waals surface area (Å²) in [4.78, 5) is 2.19. The van der Waals surface area contributed by atoms with Gasteiger partial charge in [-0.2, -0.15) is 0 Å². The zero-order valence-electron chi connectivity index (χ0n) is 9.35. The van der Waals surface area contributed by atoms with Gasteiger partial charge in [0.15, 0.2) is 0 Å². The Morgan fingerprint density at radius 3 is 2.62 bits per heavy atom. The van der Waals surface area contributed by atoms with Crippen LogP contribution in [-0.4, -0.2) is 36.3 Å². The molecule has 1 heterocycles. The first-order chi connectivity index (χ1) is 7.81. The van der Waals surface area contributed by atoms with Crippen LogP contribution in [0.4, 0.5) is 4.39 Å². The monoisotopic (exact) mass is 223 g/mol. The molecule has 0 unspecified atom stereocenters.